The van der Waals surface area contributed by atoms with Crippen LogP contribution in [0.2, 0.25) is 0 Å². The number of nitrogens with one attached hydrogen (secondary N) is 1. The highest BCUT2D eigenvalue weighted by Gasteiger charge is 2.16. The largest absolute Gasteiger partial charge is 0.497 e. The van der Waals surface area contributed by atoms with Crippen molar-refractivity contribution in [2.75, 3.05) is 7.11 Å². The van der Waals surface area contributed by atoms with Crippen LogP contribution in [0.4, 0.5) is 5.69 Å². The average Bonchev–Trinajstić information content (AvgIpc) is 2.94. The third kappa shape index (κ3) is 3.47. The van der Waals surface area contributed by atoms with E-state index in [0.717, 1.165) is 46.1 Å². The summed E-state index contributed by atoms with van der Waals surface area (Å²) in [7, 11) is 1.67. The summed E-state index contributed by atoms with van der Waals surface area (Å²) in [5.74, 6) is 1.57. The number of hydrogen-bond donors (Lipinski definition) is 1. The lowest BCUT2D eigenvalue weighted by atomic mass is 10.0. The van der Waals surface area contributed by atoms with Crippen LogP contribution in [0.5, 0.6) is 5.75 Å². The summed E-state index contributed by atoms with van der Waals surface area (Å²) >= 11 is 0. The Kier molecular flexibility index (Phi) is 4.71. The third-order valence-electron chi connectivity index (χ3n) is 4.66. The van der Waals surface area contributed by atoms with Crippen LogP contribution < -0.4 is 10.2 Å². The van der Waals surface area contributed by atoms with E-state index in [4.69, 9.17) is 9.73 Å². The molecule has 0 saturated carbocycles. The van der Waals surface area contributed by atoms with E-state index in [1.807, 2.05) is 48.5 Å². The van der Waals surface area contributed by atoms with Crippen LogP contribution in [0.3, 0.4) is 0 Å². The van der Waals surface area contributed by atoms with Gasteiger partial charge >= 0.3 is 0 Å². The van der Waals surface area contributed by atoms with E-state index >= 15 is 0 Å². The Morgan fingerprint density at radius 2 is 1.56 bits per heavy atom. The lowest BCUT2D eigenvalue weighted by Gasteiger charge is -2.08. The number of nitrogens with zero attached hydrogens (tertiary/aromatic N) is 2. The van der Waals surface area contributed by atoms with Crippen molar-refractivity contribution < 1.29 is 4.74 Å². The maximum absolute atomic E-state index is 5.27. The van der Waals surface area contributed by atoms with E-state index in [0.29, 0.717) is 0 Å². The second-order valence-corrected chi connectivity index (χ2v) is 6.33. The number of fused-ring (bicyclic) bond motifs is 1. The highest BCUT2D eigenvalue weighted by atomic mass is 16.5. The average molecular weight is 355 g/mol. The summed E-state index contributed by atoms with van der Waals surface area (Å²) in [5, 5.41) is 4.69. The molecule has 27 heavy (non-hydrogen) atoms. The number of hydrogen-bond acceptors (Lipinski definition) is 4. The Morgan fingerprint density at radius 3 is 2.26 bits per heavy atom. The van der Waals surface area contributed by atoms with Gasteiger partial charge in [-0.25, -0.2) is 4.99 Å². The summed E-state index contributed by atoms with van der Waals surface area (Å²) in [6.45, 7) is 2.15. The molecule has 0 radical (unpaired) electrons. The fourth-order valence-corrected chi connectivity index (χ4v) is 3.08. The van der Waals surface area contributed by atoms with Gasteiger partial charge in [-0.1, -0.05) is 49.4 Å². The van der Waals surface area contributed by atoms with Crippen molar-refractivity contribution in [1.82, 2.24) is 5.43 Å². The molecule has 0 saturated heterocycles. The Balaban J connectivity index is 1.77. The lowest BCUT2D eigenvalue weighted by molar-refractivity contribution is 0.415. The van der Waals surface area contributed by atoms with E-state index in [2.05, 4.69) is 41.7 Å². The van der Waals surface area contributed by atoms with Crippen molar-refractivity contribution >= 4 is 17.2 Å². The molecule has 3 aromatic rings. The van der Waals surface area contributed by atoms with Gasteiger partial charge in [0.25, 0.3) is 0 Å². The minimum atomic E-state index is 0.744. The first-order valence-electron chi connectivity index (χ1n) is 9.04. The molecule has 1 N–H and O–H groups in total. The van der Waals surface area contributed by atoms with Gasteiger partial charge in [0.2, 0.25) is 0 Å². The zero-order valence-corrected chi connectivity index (χ0v) is 15.4. The number of para-hydroxylation sites is 1. The number of amidine groups is 1. The number of rotatable bonds is 4. The molecule has 4 rings (SSSR count). The minimum absolute atomic E-state index is 0.744. The van der Waals surface area contributed by atoms with Gasteiger partial charge in [-0.2, -0.15) is 5.10 Å². The summed E-state index contributed by atoms with van der Waals surface area (Å²) in [6.07, 6.45) is 1.02. The van der Waals surface area contributed by atoms with E-state index in [-0.39, 0.29) is 0 Å². The van der Waals surface area contributed by atoms with Gasteiger partial charge in [-0.15, -0.1) is 0 Å². The Labute approximate surface area is 159 Å². The van der Waals surface area contributed by atoms with Crippen LogP contribution >= 0.6 is 0 Å². The molecule has 0 atom stereocenters. The fraction of sp³-hybridized carbons (Fsp3) is 0.130. The molecule has 3 aromatic carbocycles. The monoisotopic (exact) mass is 355 g/mol. The van der Waals surface area contributed by atoms with Crippen LogP contribution in [0.15, 0.2) is 82.9 Å². The first-order chi connectivity index (χ1) is 13.3. The third-order valence-corrected chi connectivity index (χ3v) is 4.66. The molecule has 4 heteroatoms. The Morgan fingerprint density at radius 1 is 0.852 bits per heavy atom. The van der Waals surface area contributed by atoms with Gasteiger partial charge < -0.3 is 4.74 Å². The van der Waals surface area contributed by atoms with Crippen LogP contribution in [0.25, 0.3) is 0 Å². The predicted octanol–water partition coefficient (Wildman–Crippen LogP) is 4.69. The number of benzene rings is 3. The van der Waals surface area contributed by atoms with Gasteiger partial charge in [0.05, 0.1) is 18.5 Å². The quantitative estimate of drug-likeness (QED) is 0.738. The molecule has 0 fully saturated rings. The smallest absolute Gasteiger partial charge is 0.154 e. The molecule has 0 spiro atoms. The minimum Gasteiger partial charge on any atom is -0.497 e. The molecule has 0 aromatic heterocycles. The van der Waals surface area contributed by atoms with E-state index in [9.17, 15) is 0 Å². The Bertz CT molecular complexity index is 1000. The summed E-state index contributed by atoms with van der Waals surface area (Å²) < 4.78 is 5.27. The molecule has 1 heterocycles. The molecule has 0 amide bonds. The van der Waals surface area contributed by atoms with Crippen molar-refractivity contribution in [3.63, 3.8) is 0 Å². The molecular formula is C23H21N3O. The van der Waals surface area contributed by atoms with Crippen LogP contribution in [0, 0.1) is 0 Å². The summed E-state index contributed by atoms with van der Waals surface area (Å²) in [5.41, 5.74) is 9.24. The molecule has 0 unspecified atom stereocenters. The second-order valence-electron chi connectivity index (χ2n) is 6.33. The van der Waals surface area contributed by atoms with Crippen molar-refractivity contribution in [3.05, 3.63) is 95.1 Å². The summed E-state index contributed by atoms with van der Waals surface area (Å²) in [6, 6.07) is 24.4. The van der Waals surface area contributed by atoms with Crippen LogP contribution in [0.1, 0.15) is 29.2 Å². The van der Waals surface area contributed by atoms with E-state index in [1.54, 1.807) is 7.11 Å². The molecule has 0 bridgehead atoms. The molecule has 1 aliphatic rings. The van der Waals surface area contributed by atoms with E-state index in [1.165, 1.54) is 5.56 Å². The van der Waals surface area contributed by atoms with Crippen molar-refractivity contribution in [2.45, 2.75) is 13.3 Å². The lowest BCUT2D eigenvalue weighted by Crippen LogP contribution is -2.19. The van der Waals surface area contributed by atoms with Crippen molar-refractivity contribution in [1.29, 1.82) is 0 Å². The molecule has 134 valence electrons. The van der Waals surface area contributed by atoms with Crippen LogP contribution in [-0.2, 0) is 6.42 Å². The topological polar surface area (TPSA) is 46.0 Å². The first kappa shape index (κ1) is 17.0. The van der Waals surface area contributed by atoms with Crippen molar-refractivity contribution in [2.24, 2.45) is 10.1 Å². The van der Waals surface area contributed by atoms with Gasteiger partial charge in [0, 0.05) is 16.7 Å². The highest BCUT2D eigenvalue weighted by molar-refractivity contribution is 6.18. The maximum atomic E-state index is 5.27. The Hall–Kier alpha value is -3.40. The maximum Gasteiger partial charge on any atom is 0.154 e. The predicted molar refractivity (Wildman–Crippen MR) is 110 cm³/mol. The SMILES string of the molecule is CCc1ccc(C2=Nc3ccccc3C(c3ccc(OC)cc3)=NN2)cc1. The number of aliphatic imine (C=N–C) groups is 1. The number of methoxy groups -OCH3 is 1. The second kappa shape index (κ2) is 7.46. The first-order valence-corrected chi connectivity index (χ1v) is 9.04. The molecule has 4 nitrogen and oxygen atoms in total. The fourth-order valence-electron chi connectivity index (χ4n) is 3.08. The molecular weight excluding hydrogens is 334 g/mol. The zero-order valence-electron chi connectivity index (χ0n) is 15.4. The zero-order chi connectivity index (χ0) is 18.6. The van der Waals surface area contributed by atoms with E-state index < -0.39 is 0 Å². The highest BCUT2D eigenvalue weighted by Crippen LogP contribution is 2.26. The number of ether oxygens (including phenoxy) is 1. The van der Waals surface area contributed by atoms with Gasteiger partial charge in [0.15, 0.2) is 5.84 Å². The van der Waals surface area contributed by atoms with Crippen molar-refractivity contribution in [3.8, 4) is 5.75 Å². The molecule has 1 aliphatic heterocycles. The van der Waals surface area contributed by atoms with Gasteiger partial charge in [-0.05, 0) is 42.3 Å². The normalized spacial score (nSPS) is 13.0. The summed E-state index contributed by atoms with van der Waals surface area (Å²) in [4.78, 5) is 4.84. The standard InChI is InChI=1S/C23H21N3O/c1-3-16-8-10-18(11-9-16)23-24-21-7-5-4-6-20(21)22(25-26-23)17-12-14-19(27-2)15-13-17/h4-15H,3H2,1-2H3,(H,24,26). The number of aryl methyl sites for hydroxylation is 1. The molecule has 0 aliphatic carbocycles. The van der Waals surface area contributed by atoms with Crippen LogP contribution in [-0.4, -0.2) is 18.7 Å². The van der Waals surface area contributed by atoms with Gasteiger partial charge in [0.1, 0.15) is 5.75 Å². The van der Waals surface area contributed by atoms with Gasteiger partial charge in [-0.3, -0.25) is 5.43 Å². The number of hydrazone groups is 1.